The molecule has 0 radical (unpaired) electrons. The van der Waals surface area contributed by atoms with Crippen LogP contribution in [0.3, 0.4) is 0 Å². The molecule has 1 heterocycles. The van der Waals surface area contributed by atoms with Crippen molar-refractivity contribution in [2.75, 3.05) is 11.9 Å². The second-order valence-electron chi connectivity index (χ2n) is 5.19. The van der Waals surface area contributed by atoms with Gasteiger partial charge in [-0.2, -0.15) is 0 Å². The van der Waals surface area contributed by atoms with Gasteiger partial charge in [-0.3, -0.25) is 0 Å². The number of rotatable bonds is 1. The van der Waals surface area contributed by atoms with Crippen LogP contribution in [0.15, 0.2) is 48.5 Å². The van der Waals surface area contributed by atoms with Gasteiger partial charge in [0, 0.05) is 18.8 Å². The molecule has 20 heavy (non-hydrogen) atoms. The van der Waals surface area contributed by atoms with E-state index in [0.717, 1.165) is 30.3 Å². The van der Waals surface area contributed by atoms with Crippen LogP contribution >= 0.6 is 12.2 Å². The molecule has 0 bridgehead atoms. The van der Waals surface area contributed by atoms with Crippen molar-refractivity contribution in [1.82, 2.24) is 4.90 Å². The minimum Gasteiger partial charge on any atom is -0.344 e. The zero-order chi connectivity index (χ0) is 13.9. The Morgan fingerprint density at radius 3 is 2.55 bits per heavy atom. The maximum absolute atomic E-state index is 5.56. The number of anilines is 1. The summed E-state index contributed by atoms with van der Waals surface area (Å²) in [6.07, 6.45) is 1.06. The predicted octanol–water partition coefficient (Wildman–Crippen LogP) is 3.75. The van der Waals surface area contributed by atoms with Gasteiger partial charge in [0.25, 0.3) is 0 Å². The number of hydrogen-bond donors (Lipinski definition) is 1. The molecule has 3 rings (SSSR count). The van der Waals surface area contributed by atoms with E-state index in [1.54, 1.807) is 0 Å². The van der Waals surface area contributed by atoms with E-state index in [-0.39, 0.29) is 0 Å². The van der Waals surface area contributed by atoms with Crippen molar-refractivity contribution in [1.29, 1.82) is 0 Å². The summed E-state index contributed by atoms with van der Waals surface area (Å²) >= 11 is 5.56. The van der Waals surface area contributed by atoms with Crippen LogP contribution in [0.25, 0.3) is 0 Å². The van der Waals surface area contributed by atoms with Crippen molar-refractivity contribution < 1.29 is 0 Å². The fourth-order valence-corrected chi connectivity index (χ4v) is 2.84. The minimum atomic E-state index is 0.814. The molecule has 0 saturated heterocycles. The van der Waals surface area contributed by atoms with Gasteiger partial charge in [0.15, 0.2) is 5.11 Å². The van der Waals surface area contributed by atoms with Gasteiger partial charge in [0.2, 0.25) is 0 Å². The van der Waals surface area contributed by atoms with E-state index in [1.807, 2.05) is 12.1 Å². The summed E-state index contributed by atoms with van der Waals surface area (Å²) < 4.78 is 0. The van der Waals surface area contributed by atoms with E-state index in [0.29, 0.717) is 0 Å². The van der Waals surface area contributed by atoms with Gasteiger partial charge in [0.1, 0.15) is 0 Å². The fraction of sp³-hybridized carbons (Fsp3) is 0.235. The molecule has 0 aromatic heterocycles. The highest BCUT2D eigenvalue weighted by Gasteiger charge is 2.18. The van der Waals surface area contributed by atoms with E-state index in [4.69, 9.17) is 12.2 Å². The van der Waals surface area contributed by atoms with Crippen molar-refractivity contribution >= 4 is 23.0 Å². The molecule has 0 spiro atoms. The number of nitrogens with zero attached hydrogens (tertiary/aromatic N) is 1. The van der Waals surface area contributed by atoms with E-state index in [1.165, 1.54) is 16.7 Å². The first kappa shape index (κ1) is 13.1. The van der Waals surface area contributed by atoms with Crippen LogP contribution in [0.2, 0.25) is 0 Å². The topological polar surface area (TPSA) is 15.3 Å². The average Bonchev–Trinajstić information content (AvgIpc) is 2.49. The molecule has 3 heteroatoms. The third-order valence-electron chi connectivity index (χ3n) is 3.80. The Bertz CT molecular complexity index is 636. The summed E-state index contributed by atoms with van der Waals surface area (Å²) in [7, 11) is 0. The maximum Gasteiger partial charge on any atom is 0.173 e. The lowest BCUT2D eigenvalue weighted by molar-refractivity contribution is 0.399. The molecule has 2 aromatic rings. The van der Waals surface area contributed by atoms with E-state index < -0.39 is 0 Å². The minimum absolute atomic E-state index is 0.814. The highest BCUT2D eigenvalue weighted by Crippen LogP contribution is 2.20. The lowest BCUT2D eigenvalue weighted by Gasteiger charge is -2.31. The first-order chi connectivity index (χ1) is 9.74. The first-order valence-electron chi connectivity index (χ1n) is 6.92. The number of fused-ring (bicyclic) bond motifs is 1. The predicted molar refractivity (Wildman–Crippen MR) is 88.0 cm³/mol. The van der Waals surface area contributed by atoms with Gasteiger partial charge in [-0.1, -0.05) is 42.5 Å². The van der Waals surface area contributed by atoms with Crippen molar-refractivity contribution in [3.8, 4) is 0 Å². The highest BCUT2D eigenvalue weighted by molar-refractivity contribution is 7.80. The standard InChI is InChI=1S/C17H18N2S/c1-13-6-2-5-9-16(13)18-17(20)19-11-10-14-7-3-4-8-15(14)12-19/h2-9H,10-12H2,1H3,(H,18,20). The van der Waals surface area contributed by atoms with Gasteiger partial charge >= 0.3 is 0 Å². The molecule has 1 aliphatic rings. The smallest absolute Gasteiger partial charge is 0.173 e. The van der Waals surface area contributed by atoms with Crippen LogP contribution in [0.5, 0.6) is 0 Å². The number of hydrogen-bond acceptors (Lipinski definition) is 1. The fourth-order valence-electron chi connectivity index (χ4n) is 2.58. The van der Waals surface area contributed by atoms with Gasteiger partial charge < -0.3 is 10.2 Å². The van der Waals surface area contributed by atoms with Crippen molar-refractivity contribution in [3.63, 3.8) is 0 Å². The van der Waals surface area contributed by atoms with Crippen LogP contribution in [0, 0.1) is 6.92 Å². The third-order valence-corrected chi connectivity index (χ3v) is 4.16. The first-order valence-corrected chi connectivity index (χ1v) is 7.33. The Morgan fingerprint density at radius 2 is 1.75 bits per heavy atom. The van der Waals surface area contributed by atoms with Gasteiger partial charge in [-0.25, -0.2) is 0 Å². The molecule has 1 aliphatic heterocycles. The molecular formula is C17H18N2S. The Hall–Kier alpha value is -1.87. The van der Waals surface area contributed by atoms with E-state index >= 15 is 0 Å². The number of aryl methyl sites for hydroxylation is 1. The quantitative estimate of drug-likeness (QED) is 0.802. The van der Waals surface area contributed by atoms with E-state index in [2.05, 4.69) is 53.5 Å². The summed E-state index contributed by atoms with van der Waals surface area (Å²) in [5.41, 5.74) is 5.14. The van der Waals surface area contributed by atoms with Gasteiger partial charge in [-0.05, 0) is 48.3 Å². The van der Waals surface area contributed by atoms with Crippen molar-refractivity contribution in [2.45, 2.75) is 19.9 Å². The Labute approximate surface area is 125 Å². The monoisotopic (exact) mass is 282 g/mol. The van der Waals surface area contributed by atoms with Crippen LogP contribution in [-0.2, 0) is 13.0 Å². The van der Waals surface area contributed by atoms with Crippen molar-refractivity contribution in [2.24, 2.45) is 0 Å². The molecule has 2 aromatic carbocycles. The molecule has 0 saturated carbocycles. The molecule has 0 unspecified atom stereocenters. The van der Waals surface area contributed by atoms with Crippen molar-refractivity contribution in [3.05, 3.63) is 65.2 Å². The summed E-state index contributed by atoms with van der Waals surface area (Å²) in [5, 5.41) is 4.18. The molecular weight excluding hydrogens is 264 g/mol. The normalized spacial score (nSPS) is 13.8. The summed E-state index contributed by atoms with van der Waals surface area (Å²) in [5.74, 6) is 0. The zero-order valence-electron chi connectivity index (χ0n) is 11.6. The van der Waals surface area contributed by atoms with Crippen LogP contribution < -0.4 is 5.32 Å². The highest BCUT2D eigenvalue weighted by atomic mass is 32.1. The number of para-hydroxylation sites is 1. The molecule has 0 fully saturated rings. The Kier molecular flexibility index (Phi) is 3.70. The zero-order valence-corrected chi connectivity index (χ0v) is 12.4. The SMILES string of the molecule is Cc1ccccc1NC(=S)N1CCc2ccccc2C1. The van der Waals surface area contributed by atoms with Gasteiger partial charge in [0.05, 0.1) is 0 Å². The maximum atomic E-state index is 5.56. The number of nitrogens with one attached hydrogen (secondary N) is 1. The summed E-state index contributed by atoms with van der Waals surface area (Å²) in [4.78, 5) is 2.24. The largest absolute Gasteiger partial charge is 0.344 e. The van der Waals surface area contributed by atoms with Crippen LogP contribution in [0.4, 0.5) is 5.69 Å². The number of benzene rings is 2. The molecule has 1 N–H and O–H groups in total. The molecule has 0 amide bonds. The molecule has 2 nitrogen and oxygen atoms in total. The molecule has 0 atom stereocenters. The Balaban J connectivity index is 1.72. The van der Waals surface area contributed by atoms with Crippen LogP contribution in [0.1, 0.15) is 16.7 Å². The molecule has 102 valence electrons. The second kappa shape index (κ2) is 5.63. The molecule has 0 aliphatic carbocycles. The number of thiocarbonyl (C=S) groups is 1. The van der Waals surface area contributed by atoms with E-state index in [9.17, 15) is 0 Å². The average molecular weight is 282 g/mol. The second-order valence-corrected chi connectivity index (χ2v) is 5.57. The third kappa shape index (κ3) is 2.68. The summed E-state index contributed by atoms with van der Waals surface area (Å²) in [6, 6.07) is 16.8. The van der Waals surface area contributed by atoms with Crippen LogP contribution in [-0.4, -0.2) is 16.6 Å². The lowest BCUT2D eigenvalue weighted by atomic mass is 10.0. The lowest BCUT2D eigenvalue weighted by Crippen LogP contribution is -2.38. The summed E-state index contributed by atoms with van der Waals surface area (Å²) in [6.45, 7) is 3.97. The van der Waals surface area contributed by atoms with Gasteiger partial charge in [-0.15, -0.1) is 0 Å². The Morgan fingerprint density at radius 1 is 1.05 bits per heavy atom.